The van der Waals surface area contributed by atoms with Crippen LogP contribution in [-0.4, -0.2) is 21.8 Å². The Kier molecular flexibility index (Phi) is 2.84. The van der Waals surface area contributed by atoms with Crippen LogP contribution >= 0.6 is 0 Å². The van der Waals surface area contributed by atoms with Crippen molar-refractivity contribution in [1.82, 2.24) is 0 Å². The van der Waals surface area contributed by atoms with Crippen LogP contribution in [0.2, 0.25) is 0 Å². The minimum Gasteiger partial charge on any atom is -0.479 e. The molecule has 0 spiro atoms. The minimum atomic E-state index is -1.56. The van der Waals surface area contributed by atoms with Crippen LogP contribution in [0.1, 0.15) is 27.2 Å². The average Bonchev–Trinajstić information content (AvgIpc) is 1.60. The molecular formula is C7H14O3. The topological polar surface area (TPSA) is 57.5 Å². The second-order valence-corrected chi connectivity index (χ2v) is 3.18. The number of rotatable bonds is 3. The number of carbonyl (C=O) groups is 1. The molecule has 3 heteroatoms. The molecule has 0 aliphatic rings. The molecule has 0 bridgehead atoms. The predicted octanol–water partition coefficient (Wildman–Crippen LogP) is 0.868. The Labute approximate surface area is 60.7 Å². The maximum atomic E-state index is 10.3. The molecule has 0 heterocycles. The molecule has 0 aliphatic heterocycles. The first kappa shape index (κ1) is 9.43. The van der Waals surface area contributed by atoms with Gasteiger partial charge in [0.05, 0.1) is 0 Å². The highest BCUT2D eigenvalue weighted by atomic mass is 16.4. The predicted molar refractivity (Wildman–Crippen MR) is 37.7 cm³/mol. The van der Waals surface area contributed by atoms with Crippen molar-refractivity contribution in [3.8, 4) is 0 Å². The van der Waals surface area contributed by atoms with E-state index < -0.39 is 11.6 Å². The molecule has 0 aromatic heterocycles. The Balaban J connectivity index is 4.00. The SMILES string of the molecule is CC(C)CC(C)(O)C(=O)O. The van der Waals surface area contributed by atoms with E-state index in [1.807, 2.05) is 13.8 Å². The molecule has 0 saturated carbocycles. The Hall–Kier alpha value is -0.570. The molecule has 0 aromatic rings. The summed E-state index contributed by atoms with van der Waals surface area (Å²) in [5.41, 5.74) is -1.56. The van der Waals surface area contributed by atoms with Gasteiger partial charge in [-0.2, -0.15) is 0 Å². The first-order valence-corrected chi connectivity index (χ1v) is 3.32. The minimum absolute atomic E-state index is 0.200. The zero-order valence-corrected chi connectivity index (χ0v) is 6.59. The van der Waals surface area contributed by atoms with E-state index in [2.05, 4.69) is 0 Å². The van der Waals surface area contributed by atoms with Crippen molar-refractivity contribution in [3.63, 3.8) is 0 Å². The summed E-state index contributed by atoms with van der Waals surface area (Å²) in [5.74, 6) is -0.952. The van der Waals surface area contributed by atoms with Crippen molar-refractivity contribution >= 4 is 5.97 Å². The van der Waals surface area contributed by atoms with Crippen LogP contribution in [0, 0.1) is 5.92 Å². The zero-order valence-electron chi connectivity index (χ0n) is 6.59. The molecule has 10 heavy (non-hydrogen) atoms. The molecular weight excluding hydrogens is 132 g/mol. The van der Waals surface area contributed by atoms with E-state index in [1.165, 1.54) is 6.92 Å². The summed E-state index contributed by atoms with van der Waals surface area (Å²) in [6.45, 7) is 5.06. The quantitative estimate of drug-likeness (QED) is 0.621. The maximum absolute atomic E-state index is 10.3. The molecule has 0 aliphatic carbocycles. The van der Waals surface area contributed by atoms with Crippen molar-refractivity contribution in [2.24, 2.45) is 5.92 Å². The van der Waals surface area contributed by atoms with Gasteiger partial charge in [0.1, 0.15) is 0 Å². The van der Waals surface area contributed by atoms with E-state index in [4.69, 9.17) is 10.2 Å². The largest absolute Gasteiger partial charge is 0.479 e. The van der Waals surface area contributed by atoms with Gasteiger partial charge in [-0.3, -0.25) is 0 Å². The fourth-order valence-electron chi connectivity index (χ4n) is 0.882. The van der Waals surface area contributed by atoms with Gasteiger partial charge in [-0.25, -0.2) is 4.79 Å². The van der Waals surface area contributed by atoms with Crippen LogP contribution in [0.25, 0.3) is 0 Å². The molecule has 0 amide bonds. The first-order valence-electron chi connectivity index (χ1n) is 3.32. The lowest BCUT2D eigenvalue weighted by atomic mass is 9.95. The van der Waals surface area contributed by atoms with Crippen molar-refractivity contribution in [2.45, 2.75) is 32.8 Å². The van der Waals surface area contributed by atoms with Crippen molar-refractivity contribution < 1.29 is 15.0 Å². The highest BCUT2D eigenvalue weighted by molar-refractivity contribution is 5.76. The third kappa shape index (κ3) is 2.82. The lowest BCUT2D eigenvalue weighted by molar-refractivity contribution is -0.158. The Bertz CT molecular complexity index is 127. The van der Waals surface area contributed by atoms with E-state index in [0.29, 0.717) is 6.42 Å². The summed E-state index contributed by atoms with van der Waals surface area (Å²) in [5, 5.41) is 17.6. The van der Waals surface area contributed by atoms with Gasteiger partial charge in [0.25, 0.3) is 0 Å². The number of carboxylic acids is 1. The maximum Gasteiger partial charge on any atom is 0.335 e. The molecule has 1 unspecified atom stereocenters. The standard InChI is InChI=1S/C7H14O3/c1-5(2)4-7(3,10)6(8)9/h5,10H,4H2,1-3H3,(H,8,9). The van der Waals surface area contributed by atoms with E-state index in [9.17, 15) is 4.79 Å². The second kappa shape index (κ2) is 3.01. The fraction of sp³-hybridized carbons (Fsp3) is 0.857. The van der Waals surface area contributed by atoms with Crippen LogP contribution in [0.4, 0.5) is 0 Å². The van der Waals surface area contributed by atoms with Gasteiger partial charge in [0.2, 0.25) is 0 Å². The highest BCUT2D eigenvalue weighted by Gasteiger charge is 2.30. The molecule has 0 fully saturated rings. The number of aliphatic carboxylic acids is 1. The van der Waals surface area contributed by atoms with E-state index >= 15 is 0 Å². The van der Waals surface area contributed by atoms with Gasteiger partial charge in [0.15, 0.2) is 5.60 Å². The molecule has 1 atom stereocenters. The lowest BCUT2D eigenvalue weighted by Gasteiger charge is -2.19. The first-order chi connectivity index (χ1) is 4.36. The highest BCUT2D eigenvalue weighted by Crippen LogP contribution is 2.15. The molecule has 60 valence electrons. The summed E-state index contributed by atoms with van der Waals surface area (Å²) in [6.07, 6.45) is 0.294. The molecule has 2 N–H and O–H groups in total. The smallest absolute Gasteiger partial charge is 0.335 e. The summed E-state index contributed by atoms with van der Waals surface area (Å²) in [4.78, 5) is 10.3. The Morgan fingerprint density at radius 1 is 1.60 bits per heavy atom. The normalized spacial score (nSPS) is 16.9. The van der Waals surface area contributed by atoms with E-state index in [-0.39, 0.29) is 5.92 Å². The Morgan fingerprint density at radius 2 is 2.00 bits per heavy atom. The van der Waals surface area contributed by atoms with Gasteiger partial charge < -0.3 is 10.2 Å². The van der Waals surface area contributed by atoms with Crippen LogP contribution < -0.4 is 0 Å². The molecule has 0 aromatic carbocycles. The molecule has 3 nitrogen and oxygen atoms in total. The molecule has 0 radical (unpaired) electrons. The lowest BCUT2D eigenvalue weighted by Crippen LogP contribution is -2.36. The third-order valence-corrected chi connectivity index (χ3v) is 1.27. The number of hydrogen-bond donors (Lipinski definition) is 2. The average molecular weight is 146 g/mol. The van der Waals surface area contributed by atoms with Crippen molar-refractivity contribution in [3.05, 3.63) is 0 Å². The van der Waals surface area contributed by atoms with Gasteiger partial charge in [-0.05, 0) is 19.3 Å². The van der Waals surface area contributed by atoms with Gasteiger partial charge in [-0.1, -0.05) is 13.8 Å². The molecule has 0 saturated heterocycles. The zero-order chi connectivity index (χ0) is 8.36. The number of carboxylic acid groups (broad SMARTS) is 1. The number of hydrogen-bond acceptors (Lipinski definition) is 2. The van der Waals surface area contributed by atoms with Crippen LogP contribution in [0.5, 0.6) is 0 Å². The van der Waals surface area contributed by atoms with E-state index in [1.54, 1.807) is 0 Å². The Morgan fingerprint density at radius 3 is 2.10 bits per heavy atom. The monoisotopic (exact) mass is 146 g/mol. The van der Waals surface area contributed by atoms with Gasteiger partial charge in [-0.15, -0.1) is 0 Å². The van der Waals surface area contributed by atoms with Crippen LogP contribution in [-0.2, 0) is 4.79 Å². The summed E-state index contributed by atoms with van der Waals surface area (Å²) in [6, 6.07) is 0. The van der Waals surface area contributed by atoms with Crippen LogP contribution in [0.3, 0.4) is 0 Å². The van der Waals surface area contributed by atoms with Crippen molar-refractivity contribution in [1.29, 1.82) is 0 Å². The van der Waals surface area contributed by atoms with Crippen LogP contribution in [0.15, 0.2) is 0 Å². The third-order valence-electron chi connectivity index (χ3n) is 1.27. The van der Waals surface area contributed by atoms with Gasteiger partial charge >= 0.3 is 5.97 Å². The van der Waals surface area contributed by atoms with Gasteiger partial charge in [0, 0.05) is 0 Å². The summed E-state index contributed by atoms with van der Waals surface area (Å²) < 4.78 is 0. The summed E-state index contributed by atoms with van der Waals surface area (Å²) in [7, 11) is 0. The number of aliphatic hydroxyl groups is 1. The summed E-state index contributed by atoms with van der Waals surface area (Å²) >= 11 is 0. The second-order valence-electron chi connectivity index (χ2n) is 3.18. The van der Waals surface area contributed by atoms with Crippen molar-refractivity contribution in [2.75, 3.05) is 0 Å². The van der Waals surface area contributed by atoms with E-state index in [0.717, 1.165) is 0 Å². The fourth-order valence-corrected chi connectivity index (χ4v) is 0.882. The molecule has 0 rings (SSSR count).